The van der Waals surface area contributed by atoms with Gasteiger partial charge >= 0.3 is 5.97 Å². The minimum Gasteiger partial charge on any atom is -0.460 e. The molecule has 1 amide bonds. The summed E-state index contributed by atoms with van der Waals surface area (Å²) in [6.45, 7) is 5.38. The van der Waals surface area contributed by atoms with Crippen molar-refractivity contribution in [3.05, 3.63) is 71.0 Å². The largest absolute Gasteiger partial charge is 0.460 e. The molecule has 3 aromatic rings. The number of para-hydroxylation sites is 1. The Labute approximate surface area is 329 Å². The summed E-state index contributed by atoms with van der Waals surface area (Å²) in [4.78, 5) is 36.7. The minimum absolute atomic E-state index is 0.0267. The van der Waals surface area contributed by atoms with Crippen molar-refractivity contribution in [2.24, 2.45) is 10.8 Å². The van der Waals surface area contributed by atoms with Gasteiger partial charge in [-0.05, 0) is 94.4 Å². The number of anilines is 2. The standard InChI is InChI=1S/C40H58ClN11O3/c41-30-14-12-29(13-15-30)28-55-39(54)35(42)16-17-37(53)52-24-18-32(19-25-52)48-38-34-10-4-5-11-36(34)49-40(50-38)47-27-33(51-43)26-45-22-6-20-44-21-7-23-46-31-8-2-1-3-9-31/h4-5,10-15,26,31-32,35,43-46H,1-3,6-9,16-25,27-28,42H2,(H2,47,48,49,50)/b33-26-,51-43?/t35-/m0/s1. The van der Waals surface area contributed by atoms with Crippen LogP contribution in [0.4, 0.5) is 11.8 Å². The summed E-state index contributed by atoms with van der Waals surface area (Å²) in [5, 5.41) is 22.5. The van der Waals surface area contributed by atoms with Crippen molar-refractivity contribution in [2.45, 2.75) is 95.4 Å². The topological polar surface area (TPSA) is 195 Å². The van der Waals surface area contributed by atoms with E-state index < -0.39 is 12.0 Å². The number of likely N-dealkylation sites (tertiary alicyclic amines) is 1. The van der Waals surface area contributed by atoms with Crippen molar-refractivity contribution in [2.75, 3.05) is 56.4 Å². The van der Waals surface area contributed by atoms with Gasteiger partial charge in [-0.25, -0.2) is 10.5 Å². The maximum Gasteiger partial charge on any atom is 0.323 e. The van der Waals surface area contributed by atoms with Gasteiger partial charge in [0.05, 0.1) is 17.8 Å². The van der Waals surface area contributed by atoms with Crippen molar-refractivity contribution < 1.29 is 14.3 Å². The molecule has 1 saturated heterocycles. The van der Waals surface area contributed by atoms with Gasteiger partial charge in [0.2, 0.25) is 11.9 Å². The molecule has 5 rings (SSSR count). The molecular weight excluding hydrogens is 718 g/mol. The summed E-state index contributed by atoms with van der Waals surface area (Å²) in [6, 6.07) is 14.8. The van der Waals surface area contributed by atoms with Crippen molar-refractivity contribution in [3.8, 4) is 0 Å². The summed E-state index contributed by atoms with van der Waals surface area (Å²) >= 11 is 5.91. The first-order valence-electron chi connectivity index (χ1n) is 19.8. The average molecular weight is 776 g/mol. The van der Waals surface area contributed by atoms with Crippen molar-refractivity contribution in [1.82, 2.24) is 30.8 Å². The number of amides is 1. The first kappa shape index (κ1) is 41.8. The van der Waals surface area contributed by atoms with Gasteiger partial charge in [-0.3, -0.25) is 9.59 Å². The molecule has 55 heavy (non-hydrogen) atoms. The zero-order chi connectivity index (χ0) is 38.7. The molecule has 1 aromatic heterocycles. The minimum atomic E-state index is -0.873. The Bertz CT molecular complexity index is 1680. The smallest absolute Gasteiger partial charge is 0.323 e. The summed E-state index contributed by atoms with van der Waals surface area (Å²) in [7, 11) is 0. The van der Waals surface area contributed by atoms with Gasteiger partial charge < -0.3 is 42.0 Å². The van der Waals surface area contributed by atoms with Crippen LogP contribution in [0.1, 0.15) is 76.2 Å². The first-order chi connectivity index (χ1) is 26.9. The fourth-order valence-electron chi connectivity index (χ4n) is 6.88. The number of halogens is 1. The summed E-state index contributed by atoms with van der Waals surface area (Å²) in [5.41, 5.74) is 15.9. The van der Waals surface area contributed by atoms with Crippen LogP contribution >= 0.6 is 11.6 Å². The maximum absolute atomic E-state index is 13.0. The van der Waals surface area contributed by atoms with Gasteiger partial charge in [0.1, 0.15) is 18.5 Å². The molecule has 298 valence electrons. The highest BCUT2D eigenvalue weighted by atomic mass is 35.5. The lowest BCUT2D eigenvalue weighted by atomic mass is 9.95. The van der Waals surface area contributed by atoms with Crippen LogP contribution in [0.15, 0.2) is 65.5 Å². The second-order valence-electron chi connectivity index (χ2n) is 14.4. The fourth-order valence-corrected chi connectivity index (χ4v) is 7.00. The number of hydrogen-bond donors (Lipinski definition) is 7. The highest BCUT2D eigenvalue weighted by Gasteiger charge is 2.25. The molecule has 2 heterocycles. The molecule has 15 heteroatoms. The van der Waals surface area contributed by atoms with E-state index in [4.69, 9.17) is 37.6 Å². The molecule has 0 radical (unpaired) electrons. The number of piperidine rings is 1. The highest BCUT2D eigenvalue weighted by Crippen LogP contribution is 2.25. The Balaban J connectivity index is 0.998. The number of aromatic nitrogens is 2. The molecule has 1 atom stereocenters. The number of nitrogens with two attached hydrogens (primary N) is 1. The molecule has 0 spiro atoms. The number of nitrogens with zero attached hydrogens (tertiary/aromatic N) is 4. The van der Waals surface area contributed by atoms with Crippen LogP contribution < -0.4 is 32.3 Å². The lowest BCUT2D eigenvalue weighted by molar-refractivity contribution is -0.146. The van der Waals surface area contributed by atoms with E-state index in [2.05, 4.69) is 31.7 Å². The predicted octanol–water partition coefficient (Wildman–Crippen LogP) is 5.70. The van der Waals surface area contributed by atoms with E-state index in [1.165, 1.54) is 32.1 Å². The highest BCUT2D eigenvalue weighted by molar-refractivity contribution is 6.30. The van der Waals surface area contributed by atoms with E-state index >= 15 is 0 Å². The number of hydrogen-bond acceptors (Lipinski definition) is 13. The van der Waals surface area contributed by atoms with Crippen molar-refractivity contribution >= 4 is 46.1 Å². The van der Waals surface area contributed by atoms with Gasteiger partial charge in [0.15, 0.2) is 0 Å². The van der Waals surface area contributed by atoms with Crippen LogP contribution in [-0.4, -0.2) is 90.7 Å². The summed E-state index contributed by atoms with van der Waals surface area (Å²) < 4.78 is 5.32. The lowest BCUT2D eigenvalue weighted by Gasteiger charge is -2.33. The Hall–Kier alpha value is -4.37. The number of ether oxygens (including phenoxy) is 1. The number of carbonyl (C=O) groups excluding carboxylic acids is 2. The molecule has 14 nitrogen and oxygen atoms in total. The van der Waals surface area contributed by atoms with E-state index in [0.717, 1.165) is 68.3 Å². The molecule has 0 bridgehead atoms. The fraction of sp³-hybridized carbons (Fsp3) is 0.550. The molecule has 1 aliphatic carbocycles. The van der Waals surface area contributed by atoms with E-state index in [0.29, 0.717) is 48.2 Å². The summed E-state index contributed by atoms with van der Waals surface area (Å²) in [5.74, 6) is 0.594. The van der Waals surface area contributed by atoms with E-state index in [9.17, 15) is 9.59 Å². The van der Waals surface area contributed by atoms with Gasteiger partial charge in [-0.2, -0.15) is 10.1 Å². The van der Waals surface area contributed by atoms with Crippen LogP contribution in [0.2, 0.25) is 5.02 Å². The Morgan fingerprint density at radius 3 is 2.47 bits per heavy atom. The number of esters is 1. The second kappa shape index (κ2) is 22.9. The lowest BCUT2D eigenvalue weighted by Crippen LogP contribution is -2.43. The number of nitrogens with one attached hydrogen (secondary N) is 6. The molecule has 1 aliphatic heterocycles. The van der Waals surface area contributed by atoms with Crippen molar-refractivity contribution in [3.63, 3.8) is 0 Å². The molecule has 2 fully saturated rings. The van der Waals surface area contributed by atoms with Gasteiger partial charge in [-0.15, -0.1) is 0 Å². The van der Waals surface area contributed by atoms with Gasteiger partial charge in [0.25, 0.3) is 0 Å². The predicted molar refractivity (Wildman–Crippen MR) is 218 cm³/mol. The quantitative estimate of drug-likeness (QED) is 0.0376. The Morgan fingerprint density at radius 1 is 0.964 bits per heavy atom. The Morgan fingerprint density at radius 2 is 1.71 bits per heavy atom. The maximum atomic E-state index is 13.0. The van der Waals surface area contributed by atoms with Crippen LogP contribution in [0.25, 0.3) is 10.9 Å². The average Bonchev–Trinajstić information content (AvgIpc) is 3.21. The normalized spacial score (nSPS) is 16.1. The van der Waals surface area contributed by atoms with Gasteiger partial charge in [0, 0.05) is 54.7 Å². The SMILES string of the molecule is N=N/C(=C\NCCCNCCCNC1CCCCC1)CNc1nc(NC2CCN(C(=O)CC[C@H](N)C(=O)OCc3ccc(Cl)cc3)CC2)c2ccccc2n1. The zero-order valence-corrected chi connectivity index (χ0v) is 32.6. The van der Waals surface area contributed by atoms with E-state index in [1.54, 1.807) is 30.5 Å². The van der Waals surface area contributed by atoms with Crippen LogP contribution in [-0.2, 0) is 20.9 Å². The third-order valence-corrected chi connectivity index (χ3v) is 10.4. The van der Waals surface area contributed by atoms with Crippen LogP contribution in [0.5, 0.6) is 0 Å². The number of fused-ring (bicyclic) bond motifs is 1. The number of carbonyl (C=O) groups is 2. The van der Waals surface area contributed by atoms with E-state index in [1.807, 2.05) is 29.2 Å². The first-order valence-corrected chi connectivity index (χ1v) is 20.2. The molecule has 0 unspecified atom stereocenters. The Kier molecular flexibility index (Phi) is 17.4. The third kappa shape index (κ3) is 14.3. The third-order valence-electron chi connectivity index (χ3n) is 10.1. The second-order valence-corrected chi connectivity index (χ2v) is 14.8. The van der Waals surface area contributed by atoms with Crippen molar-refractivity contribution in [1.29, 1.82) is 5.53 Å². The van der Waals surface area contributed by atoms with Crippen LogP contribution in [0, 0.1) is 5.53 Å². The molecule has 8 N–H and O–H groups in total. The molecule has 1 saturated carbocycles. The van der Waals surface area contributed by atoms with Gasteiger partial charge in [-0.1, -0.05) is 55.1 Å². The number of rotatable bonds is 22. The molecule has 2 aromatic carbocycles. The summed E-state index contributed by atoms with van der Waals surface area (Å²) in [6.07, 6.45) is 12.5. The zero-order valence-electron chi connectivity index (χ0n) is 31.8. The molecule has 2 aliphatic rings. The van der Waals surface area contributed by atoms with E-state index in [-0.39, 0.29) is 31.4 Å². The van der Waals surface area contributed by atoms with Crippen LogP contribution in [0.3, 0.4) is 0 Å². The monoisotopic (exact) mass is 775 g/mol. The molecular formula is C40H58ClN11O3. The number of benzene rings is 2.